The number of hydrogen-bond donors (Lipinski definition) is 1. The summed E-state index contributed by atoms with van der Waals surface area (Å²) in [5, 5.41) is 0. The van der Waals surface area contributed by atoms with Gasteiger partial charge in [0.15, 0.2) is 0 Å². The first-order valence-electron chi connectivity index (χ1n) is 6.00. The molecule has 0 saturated heterocycles. The molecule has 0 radical (unpaired) electrons. The minimum absolute atomic E-state index is 0.315. The van der Waals surface area contributed by atoms with Crippen molar-refractivity contribution in [2.75, 3.05) is 38.2 Å². The van der Waals surface area contributed by atoms with Crippen molar-refractivity contribution in [1.29, 1.82) is 0 Å². The molecule has 1 aromatic rings. The van der Waals surface area contributed by atoms with E-state index in [1.54, 1.807) is 12.3 Å². The summed E-state index contributed by atoms with van der Waals surface area (Å²) in [4.78, 5) is 6.17. The maximum absolute atomic E-state index is 11.3. The molecule has 0 bridgehead atoms. The summed E-state index contributed by atoms with van der Waals surface area (Å²) in [6, 6.07) is 1.70. The van der Waals surface area contributed by atoms with Crippen LogP contribution in [0.3, 0.4) is 0 Å². The van der Waals surface area contributed by atoms with Crippen LogP contribution < -0.4 is 9.46 Å². The highest BCUT2D eigenvalue weighted by Crippen LogP contribution is 2.23. The minimum atomic E-state index is -3.34. The smallest absolute Gasteiger partial charge is 0.238 e. The first-order valence-corrected chi connectivity index (χ1v) is 7.89. The van der Waals surface area contributed by atoms with Crippen LogP contribution in [0.25, 0.3) is 0 Å². The number of nitrogens with zero attached hydrogens (tertiary/aromatic N) is 2. The summed E-state index contributed by atoms with van der Waals surface area (Å²) in [5.74, 6) is 0.315. The monoisotopic (exact) mass is 287 g/mol. The van der Waals surface area contributed by atoms with Crippen LogP contribution in [-0.4, -0.2) is 51.8 Å². The van der Waals surface area contributed by atoms with Crippen LogP contribution in [0.1, 0.15) is 12.0 Å². The van der Waals surface area contributed by atoms with Crippen LogP contribution in [0.5, 0.6) is 5.88 Å². The van der Waals surface area contributed by atoms with Crippen molar-refractivity contribution in [2.45, 2.75) is 13.3 Å². The Morgan fingerprint density at radius 3 is 2.68 bits per heavy atom. The maximum Gasteiger partial charge on any atom is 0.238 e. The largest absolute Gasteiger partial charge is 0.476 e. The number of pyridine rings is 1. The molecule has 1 rings (SSSR count). The van der Waals surface area contributed by atoms with E-state index >= 15 is 0 Å². The van der Waals surface area contributed by atoms with E-state index < -0.39 is 10.0 Å². The summed E-state index contributed by atoms with van der Waals surface area (Å²) < 4.78 is 30.5. The second-order valence-corrected chi connectivity index (χ2v) is 6.49. The predicted octanol–water partition coefficient (Wildman–Crippen LogP) is 1.09. The van der Waals surface area contributed by atoms with Gasteiger partial charge in [0, 0.05) is 12.7 Å². The molecule has 0 spiro atoms. The molecule has 0 amide bonds. The molecule has 108 valence electrons. The summed E-state index contributed by atoms with van der Waals surface area (Å²) in [6.45, 7) is 3.24. The molecule has 0 fully saturated rings. The van der Waals surface area contributed by atoms with Gasteiger partial charge in [-0.05, 0) is 39.1 Å². The highest BCUT2D eigenvalue weighted by atomic mass is 32.2. The van der Waals surface area contributed by atoms with E-state index in [4.69, 9.17) is 4.74 Å². The van der Waals surface area contributed by atoms with E-state index in [0.29, 0.717) is 18.2 Å². The fourth-order valence-electron chi connectivity index (χ4n) is 1.49. The Labute approximate surface area is 114 Å². The molecule has 1 aromatic heterocycles. The molecule has 0 aromatic carbocycles. The van der Waals surface area contributed by atoms with Gasteiger partial charge >= 0.3 is 0 Å². The third-order valence-electron chi connectivity index (χ3n) is 2.27. The molecule has 0 saturated carbocycles. The first-order chi connectivity index (χ1) is 8.78. The normalized spacial score (nSPS) is 11.6. The Kier molecular flexibility index (Phi) is 5.56. The van der Waals surface area contributed by atoms with Gasteiger partial charge in [-0.2, -0.15) is 0 Å². The summed E-state index contributed by atoms with van der Waals surface area (Å²) in [6.07, 6.45) is 3.60. The summed E-state index contributed by atoms with van der Waals surface area (Å²) in [5.41, 5.74) is 1.25. The van der Waals surface area contributed by atoms with Gasteiger partial charge in [0.25, 0.3) is 0 Å². The molecule has 1 heterocycles. The topological polar surface area (TPSA) is 71.5 Å². The highest BCUT2D eigenvalue weighted by Gasteiger charge is 2.10. The lowest BCUT2D eigenvalue weighted by Gasteiger charge is -2.13. The third kappa shape index (κ3) is 6.40. The Bertz CT molecular complexity index is 515. The number of hydrogen-bond acceptors (Lipinski definition) is 5. The zero-order valence-electron chi connectivity index (χ0n) is 11.8. The molecule has 0 atom stereocenters. The number of sulfonamides is 1. The number of rotatable bonds is 7. The van der Waals surface area contributed by atoms with E-state index in [-0.39, 0.29) is 0 Å². The van der Waals surface area contributed by atoms with Gasteiger partial charge in [-0.1, -0.05) is 0 Å². The van der Waals surface area contributed by atoms with Crippen molar-refractivity contribution in [3.05, 3.63) is 17.8 Å². The maximum atomic E-state index is 11.3. The van der Waals surface area contributed by atoms with Crippen LogP contribution in [0, 0.1) is 6.92 Å². The second-order valence-electron chi connectivity index (χ2n) is 4.74. The van der Waals surface area contributed by atoms with Crippen molar-refractivity contribution in [2.24, 2.45) is 0 Å². The van der Waals surface area contributed by atoms with Gasteiger partial charge in [-0.3, -0.25) is 4.72 Å². The quantitative estimate of drug-likeness (QED) is 0.760. The van der Waals surface area contributed by atoms with E-state index in [0.717, 1.165) is 24.8 Å². The minimum Gasteiger partial charge on any atom is -0.476 e. The molecule has 0 aliphatic rings. The zero-order valence-corrected chi connectivity index (χ0v) is 12.6. The van der Waals surface area contributed by atoms with E-state index in [1.165, 1.54) is 0 Å². The fraction of sp³-hybridized carbons (Fsp3) is 0.583. The zero-order chi connectivity index (χ0) is 14.5. The third-order valence-corrected chi connectivity index (χ3v) is 2.86. The van der Waals surface area contributed by atoms with Crippen LogP contribution in [0.15, 0.2) is 12.3 Å². The van der Waals surface area contributed by atoms with Crippen molar-refractivity contribution in [3.63, 3.8) is 0 Å². The number of aryl methyl sites for hydroxylation is 1. The Balaban J connectivity index is 2.71. The number of nitrogens with one attached hydrogen (secondary N) is 1. The lowest BCUT2D eigenvalue weighted by Crippen LogP contribution is -2.16. The Morgan fingerprint density at radius 2 is 2.11 bits per heavy atom. The van der Waals surface area contributed by atoms with Gasteiger partial charge < -0.3 is 9.64 Å². The number of anilines is 1. The molecule has 7 heteroatoms. The molecule has 0 aliphatic heterocycles. The molecule has 1 N–H and O–H groups in total. The molecular formula is C12H21N3O3S. The van der Waals surface area contributed by atoms with Crippen molar-refractivity contribution in [3.8, 4) is 5.88 Å². The summed E-state index contributed by atoms with van der Waals surface area (Å²) >= 11 is 0. The van der Waals surface area contributed by atoms with Crippen molar-refractivity contribution < 1.29 is 13.2 Å². The molecule has 19 heavy (non-hydrogen) atoms. The Morgan fingerprint density at radius 1 is 1.42 bits per heavy atom. The van der Waals surface area contributed by atoms with Gasteiger partial charge in [-0.15, -0.1) is 0 Å². The first kappa shape index (κ1) is 15.7. The summed E-state index contributed by atoms with van der Waals surface area (Å²) in [7, 11) is 0.635. The Hall–Kier alpha value is -1.34. The van der Waals surface area contributed by atoms with Crippen LogP contribution >= 0.6 is 0 Å². The van der Waals surface area contributed by atoms with Gasteiger partial charge in [-0.25, -0.2) is 13.4 Å². The van der Waals surface area contributed by atoms with Crippen LogP contribution in [-0.2, 0) is 10.0 Å². The lowest BCUT2D eigenvalue weighted by atomic mass is 10.3. The second kappa shape index (κ2) is 6.72. The van der Waals surface area contributed by atoms with E-state index in [1.807, 2.05) is 21.0 Å². The van der Waals surface area contributed by atoms with Crippen molar-refractivity contribution in [1.82, 2.24) is 9.88 Å². The average Bonchev–Trinajstić information content (AvgIpc) is 2.24. The predicted molar refractivity (Wildman–Crippen MR) is 76.1 cm³/mol. The van der Waals surface area contributed by atoms with Gasteiger partial charge in [0.05, 0.1) is 12.9 Å². The van der Waals surface area contributed by atoms with E-state index in [9.17, 15) is 8.42 Å². The average molecular weight is 287 g/mol. The molecule has 0 aliphatic carbocycles. The van der Waals surface area contributed by atoms with Gasteiger partial charge in [0.2, 0.25) is 15.9 Å². The molecular weight excluding hydrogens is 266 g/mol. The van der Waals surface area contributed by atoms with Gasteiger partial charge in [0.1, 0.15) is 5.69 Å². The SMILES string of the molecule is Cc1cnc(OCCCN(C)C)c(NS(C)(=O)=O)c1. The standard InChI is InChI=1S/C12H21N3O3S/c1-10-8-11(14-19(4,16)17)12(13-9-10)18-7-5-6-15(2)3/h8-9,14H,5-7H2,1-4H3. The van der Waals surface area contributed by atoms with Crippen LogP contribution in [0.4, 0.5) is 5.69 Å². The molecule has 0 unspecified atom stereocenters. The van der Waals surface area contributed by atoms with Crippen molar-refractivity contribution >= 4 is 15.7 Å². The highest BCUT2D eigenvalue weighted by molar-refractivity contribution is 7.92. The van der Waals surface area contributed by atoms with E-state index in [2.05, 4.69) is 14.6 Å². The van der Waals surface area contributed by atoms with Crippen LogP contribution in [0.2, 0.25) is 0 Å². The molecule has 6 nitrogen and oxygen atoms in total. The number of aromatic nitrogens is 1. The fourth-order valence-corrected chi connectivity index (χ4v) is 2.04. The number of ether oxygens (including phenoxy) is 1. The lowest BCUT2D eigenvalue weighted by molar-refractivity contribution is 0.274.